The second-order valence-electron chi connectivity index (χ2n) is 6.12. The zero-order chi connectivity index (χ0) is 16.5. The molecule has 0 aromatic rings. The predicted molar refractivity (Wildman–Crippen MR) is 80.6 cm³/mol. The number of ether oxygens (including phenoxy) is 1. The van der Waals surface area contributed by atoms with E-state index in [2.05, 4.69) is 10.6 Å². The Balaban J connectivity index is 3.78. The van der Waals surface area contributed by atoms with E-state index in [9.17, 15) is 14.4 Å². The van der Waals surface area contributed by atoms with Crippen LogP contribution in [0.1, 0.15) is 60.3 Å². The highest BCUT2D eigenvalue weighted by Crippen LogP contribution is 2.08. The molecule has 0 aliphatic carbocycles. The number of rotatable bonds is 8. The van der Waals surface area contributed by atoms with Crippen LogP contribution in [0.3, 0.4) is 0 Å². The van der Waals surface area contributed by atoms with Crippen LogP contribution < -0.4 is 10.6 Å². The Bertz CT molecular complexity index is 361. The van der Waals surface area contributed by atoms with E-state index in [1.54, 1.807) is 27.7 Å². The van der Waals surface area contributed by atoms with E-state index in [1.165, 1.54) is 6.92 Å². The molecule has 0 unspecified atom stereocenters. The van der Waals surface area contributed by atoms with Crippen molar-refractivity contribution in [2.45, 2.75) is 71.9 Å². The smallest absolute Gasteiger partial charge is 0.328 e. The minimum atomic E-state index is -0.642. The SMILES string of the molecule is CC(=O)NCCCCCC(=O)N[C@H](C)C(=O)OC(C)(C)C. The molecule has 0 bridgehead atoms. The van der Waals surface area contributed by atoms with E-state index in [-0.39, 0.29) is 11.8 Å². The highest BCUT2D eigenvalue weighted by molar-refractivity contribution is 5.84. The van der Waals surface area contributed by atoms with Gasteiger partial charge in [-0.1, -0.05) is 6.42 Å². The fourth-order valence-corrected chi connectivity index (χ4v) is 1.61. The standard InChI is InChI=1S/C15H28N2O4/c1-11(14(20)21-15(3,4)5)17-13(19)9-7-6-8-10-16-12(2)18/h11H,6-10H2,1-5H3,(H,16,18)(H,17,19)/t11-/m1/s1. The van der Waals surface area contributed by atoms with Gasteiger partial charge in [0.15, 0.2) is 0 Å². The molecule has 0 saturated carbocycles. The lowest BCUT2D eigenvalue weighted by molar-refractivity contribution is -0.158. The van der Waals surface area contributed by atoms with E-state index in [4.69, 9.17) is 4.74 Å². The summed E-state index contributed by atoms with van der Waals surface area (Å²) in [6, 6.07) is -0.642. The fraction of sp³-hybridized carbons (Fsp3) is 0.800. The molecule has 0 spiro atoms. The van der Waals surface area contributed by atoms with Crippen molar-refractivity contribution >= 4 is 17.8 Å². The van der Waals surface area contributed by atoms with Crippen LogP contribution in [0.4, 0.5) is 0 Å². The molecule has 122 valence electrons. The van der Waals surface area contributed by atoms with Crippen LogP contribution in [0.2, 0.25) is 0 Å². The summed E-state index contributed by atoms with van der Waals surface area (Å²) in [5.41, 5.74) is -0.556. The monoisotopic (exact) mass is 300 g/mol. The molecule has 6 heteroatoms. The van der Waals surface area contributed by atoms with Gasteiger partial charge in [-0.2, -0.15) is 0 Å². The van der Waals surface area contributed by atoms with Crippen LogP contribution in [0, 0.1) is 0 Å². The third kappa shape index (κ3) is 11.9. The van der Waals surface area contributed by atoms with Crippen molar-refractivity contribution in [1.29, 1.82) is 0 Å². The second-order valence-corrected chi connectivity index (χ2v) is 6.12. The summed E-state index contributed by atoms with van der Waals surface area (Å²) >= 11 is 0. The molecule has 1 atom stereocenters. The van der Waals surface area contributed by atoms with Crippen LogP contribution in [0.15, 0.2) is 0 Å². The molecule has 0 radical (unpaired) electrons. The lowest BCUT2D eigenvalue weighted by Gasteiger charge is -2.22. The van der Waals surface area contributed by atoms with Crippen molar-refractivity contribution in [3.05, 3.63) is 0 Å². The number of hydrogen-bond donors (Lipinski definition) is 2. The number of carbonyl (C=O) groups is 3. The van der Waals surface area contributed by atoms with E-state index in [1.807, 2.05) is 0 Å². The Morgan fingerprint density at radius 3 is 2.24 bits per heavy atom. The Morgan fingerprint density at radius 2 is 1.71 bits per heavy atom. The van der Waals surface area contributed by atoms with Crippen molar-refractivity contribution in [2.75, 3.05) is 6.54 Å². The lowest BCUT2D eigenvalue weighted by atomic mass is 10.1. The van der Waals surface area contributed by atoms with Crippen molar-refractivity contribution in [3.8, 4) is 0 Å². The summed E-state index contributed by atoms with van der Waals surface area (Å²) in [5, 5.41) is 5.33. The minimum absolute atomic E-state index is 0.0427. The summed E-state index contributed by atoms with van der Waals surface area (Å²) in [6.45, 7) is 9.08. The van der Waals surface area contributed by atoms with E-state index in [0.29, 0.717) is 13.0 Å². The van der Waals surface area contributed by atoms with Gasteiger partial charge in [-0.05, 0) is 40.5 Å². The first-order valence-corrected chi connectivity index (χ1v) is 7.38. The van der Waals surface area contributed by atoms with Crippen LogP contribution in [0.25, 0.3) is 0 Å². The van der Waals surface area contributed by atoms with Crippen LogP contribution in [-0.2, 0) is 19.1 Å². The van der Waals surface area contributed by atoms with Gasteiger partial charge >= 0.3 is 5.97 Å². The summed E-state index contributed by atoms with van der Waals surface area (Å²) in [7, 11) is 0. The largest absolute Gasteiger partial charge is 0.458 e. The van der Waals surface area contributed by atoms with Gasteiger partial charge in [0.05, 0.1) is 0 Å². The second kappa shape index (κ2) is 9.37. The van der Waals surface area contributed by atoms with Crippen molar-refractivity contribution in [2.24, 2.45) is 0 Å². The number of unbranched alkanes of at least 4 members (excludes halogenated alkanes) is 2. The molecule has 0 aromatic carbocycles. The normalized spacial score (nSPS) is 12.4. The summed E-state index contributed by atoms with van der Waals surface area (Å²) in [6.07, 6.45) is 2.79. The van der Waals surface area contributed by atoms with Gasteiger partial charge in [-0.3, -0.25) is 9.59 Å². The molecule has 0 fully saturated rings. The molecule has 0 saturated heterocycles. The Kier molecular flexibility index (Phi) is 8.66. The topological polar surface area (TPSA) is 84.5 Å². The molecular weight excluding hydrogens is 272 g/mol. The first kappa shape index (κ1) is 19.4. The highest BCUT2D eigenvalue weighted by atomic mass is 16.6. The van der Waals surface area contributed by atoms with Crippen molar-refractivity contribution in [3.63, 3.8) is 0 Å². The van der Waals surface area contributed by atoms with Gasteiger partial charge in [0.2, 0.25) is 11.8 Å². The maximum Gasteiger partial charge on any atom is 0.328 e. The van der Waals surface area contributed by atoms with Crippen LogP contribution in [-0.4, -0.2) is 36.0 Å². The molecule has 0 rings (SSSR count). The third-order valence-corrected chi connectivity index (χ3v) is 2.59. The molecule has 2 N–H and O–H groups in total. The molecule has 0 aromatic heterocycles. The first-order valence-electron chi connectivity index (χ1n) is 7.38. The maximum atomic E-state index is 11.7. The molecule has 0 heterocycles. The molecule has 21 heavy (non-hydrogen) atoms. The van der Waals surface area contributed by atoms with Gasteiger partial charge in [-0.15, -0.1) is 0 Å². The van der Waals surface area contributed by atoms with Gasteiger partial charge in [-0.25, -0.2) is 4.79 Å². The lowest BCUT2D eigenvalue weighted by Crippen LogP contribution is -2.42. The van der Waals surface area contributed by atoms with Crippen LogP contribution >= 0.6 is 0 Å². The molecule has 6 nitrogen and oxygen atoms in total. The third-order valence-electron chi connectivity index (χ3n) is 2.59. The number of amides is 2. The van der Waals surface area contributed by atoms with Crippen LogP contribution in [0.5, 0.6) is 0 Å². The number of nitrogens with one attached hydrogen (secondary N) is 2. The van der Waals surface area contributed by atoms with Gasteiger partial charge < -0.3 is 15.4 Å². The van der Waals surface area contributed by atoms with Gasteiger partial charge in [0.25, 0.3) is 0 Å². The zero-order valence-electron chi connectivity index (χ0n) is 13.7. The Morgan fingerprint density at radius 1 is 1.10 bits per heavy atom. The molecule has 0 aliphatic rings. The number of esters is 1. The van der Waals surface area contributed by atoms with E-state index < -0.39 is 17.6 Å². The maximum absolute atomic E-state index is 11.7. The number of carbonyl (C=O) groups excluding carboxylic acids is 3. The summed E-state index contributed by atoms with van der Waals surface area (Å²) in [5.74, 6) is -0.631. The Hall–Kier alpha value is -1.59. The van der Waals surface area contributed by atoms with Crippen molar-refractivity contribution < 1.29 is 19.1 Å². The summed E-state index contributed by atoms with van der Waals surface area (Å²) in [4.78, 5) is 34.0. The highest BCUT2D eigenvalue weighted by Gasteiger charge is 2.22. The average molecular weight is 300 g/mol. The average Bonchev–Trinajstić information content (AvgIpc) is 2.30. The quantitative estimate of drug-likeness (QED) is 0.526. The Labute approximate surface area is 127 Å². The van der Waals surface area contributed by atoms with Crippen molar-refractivity contribution in [1.82, 2.24) is 10.6 Å². The molecule has 0 aliphatic heterocycles. The predicted octanol–water partition coefficient (Wildman–Crippen LogP) is 1.53. The van der Waals surface area contributed by atoms with Gasteiger partial charge in [0.1, 0.15) is 11.6 Å². The zero-order valence-corrected chi connectivity index (χ0v) is 13.7. The van der Waals surface area contributed by atoms with E-state index in [0.717, 1.165) is 19.3 Å². The number of hydrogen-bond acceptors (Lipinski definition) is 4. The fourth-order valence-electron chi connectivity index (χ4n) is 1.61. The summed E-state index contributed by atoms with van der Waals surface area (Å²) < 4.78 is 5.19. The molecule has 2 amide bonds. The molecular formula is C15H28N2O4. The van der Waals surface area contributed by atoms with E-state index >= 15 is 0 Å². The van der Waals surface area contributed by atoms with Gasteiger partial charge in [0, 0.05) is 19.9 Å². The first-order chi connectivity index (χ1) is 9.61. The minimum Gasteiger partial charge on any atom is -0.458 e.